The molecule has 0 aliphatic heterocycles. The Morgan fingerprint density at radius 3 is 3.08 bits per heavy atom. The van der Waals surface area contributed by atoms with Crippen LogP contribution in [0.2, 0.25) is 0 Å². The average Bonchev–Trinajstić information content (AvgIpc) is 2.53. The number of nitrogens with two attached hydrogens (primary N) is 1. The number of imidazole rings is 1. The molecule has 0 aromatic carbocycles. The molecule has 0 atom stereocenters. The molecule has 6 heteroatoms. The lowest BCUT2D eigenvalue weighted by atomic mass is 10.5. The van der Waals surface area contributed by atoms with Gasteiger partial charge in [0.05, 0.1) is 6.20 Å². The van der Waals surface area contributed by atoms with E-state index in [1.54, 1.807) is 16.8 Å². The highest BCUT2D eigenvalue weighted by Crippen LogP contribution is 2.20. The molecule has 4 nitrogen and oxygen atoms in total. The number of carbonyl (C=O) groups excluding carboxylic acids is 1. The molecule has 0 fully saturated rings. The molecule has 0 aliphatic rings. The van der Waals surface area contributed by atoms with Crippen molar-refractivity contribution in [2.24, 2.45) is 5.73 Å². The number of hydrogen-bond acceptors (Lipinski definition) is 3. The van der Waals surface area contributed by atoms with Gasteiger partial charge in [-0.2, -0.15) is 0 Å². The summed E-state index contributed by atoms with van der Waals surface area (Å²) < 4.78 is 2.59. The van der Waals surface area contributed by atoms with Gasteiger partial charge in [0.2, 0.25) is 0 Å². The number of rotatable bonds is 1. The van der Waals surface area contributed by atoms with Crippen LogP contribution in [-0.4, -0.2) is 15.3 Å². The van der Waals surface area contributed by atoms with Crippen LogP contribution >= 0.6 is 27.3 Å². The first kappa shape index (κ1) is 7.75. The Bertz CT molecular complexity index is 447. The fraction of sp³-hybridized carbons (Fsp3) is 0. The Kier molecular flexibility index (Phi) is 1.66. The molecule has 0 radical (unpaired) electrons. The van der Waals surface area contributed by atoms with E-state index in [0.29, 0.717) is 4.88 Å². The summed E-state index contributed by atoms with van der Waals surface area (Å²) in [4.78, 5) is 16.1. The molecule has 0 saturated carbocycles. The number of nitrogens with zero attached hydrogens (tertiary/aromatic N) is 2. The lowest BCUT2D eigenvalue weighted by Crippen LogP contribution is -2.08. The number of halogens is 1. The fourth-order valence-electron chi connectivity index (χ4n) is 0.873. The minimum absolute atomic E-state index is 0.419. The van der Waals surface area contributed by atoms with Crippen LogP contribution in [-0.2, 0) is 0 Å². The molecule has 2 heterocycles. The van der Waals surface area contributed by atoms with Gasteiger partial charge < -0.3 is 5.73 Å². The lowest BCUT2D eigenvalue weighted by molar-refractivity contribution is 0.100. The number of carbonyl (C=O) groups is 1. The summed E-state index contributed by atoms with van der Waals surface area (Å²) in [6, 6.07) is 0. The summed E-state index contributed by atoms with van der Waals surface area (Å²) in [5.74, 6) is -0.419. The van der Waals surface area contributed by atoms with Crippen molar-refractivity contribution in [1.29, 1.82) is 0 Å². The van der Waals surface area contributed by atoms with Gasteiger partial charge in [-0.3, -0.25) is 9.20 Å². The second-order valence-corrected chi connectivity index (χ2v) is 4.01. The van der Waals surface area contributed by atoms with Gasteiger partial charge in [-0.05, 0) is 15.9 Å². The van der Waals surface area contributed by atoms with Gasteiger partial charge in [-0.25, -0.2) is 4.98 Å². The SMILES string of the molecule is NC(=O)c1cn2c(Br)cnc2s1. The zero-order chi connectivity index (χ0) is 8.72. The highest BCUT2D eigenvalue weighted by atomic mass is 79.9. The van der Waals surface area contributed by atoms with Crippen molar-refractivity contribution in [2.75, 3.05) is 0 Å². The van der Waals surface area contributed by atoms with Crippen LogP contribution in [0.1, 0.15) is 9.67 Å². The number of fused-ring (bicyclic) bond motifs is 1. The molecule has 2 aromatic heterocycles. The molecule has 0 bridgehead atoms. The molecule has 0 aliphatic carbocycles. The van der Waals surface area contributed by atoms with Crippen LogP contribution in [0.15, 0.2) is 17.0 Å². The molecule has 0 unspecified atom stereocenters. The number of thiazole rings is 1. The van der Waals surface area contributed by atoms with E-state index in [-0.39, 0.29) is 0 Å². The summed E-state index contributed by atoms with van der Waals surface area (Å²) in [5, 5.41) is 0. The van der Waals surface area contributed by atoms with Crippen molar-refractivity contribution in [3.8, 4) is 0 Å². The van der Waals surface area contributed by atoms with Crippen LogP contribution in [0.4, 0.5) is 0 Å². The molecular formula is C6H4BrN3OS. The van der Waals surface area contributed by atoms with E-state index >= 15 is 0 Å². The van der Waals surface area contributed by atoms with E-state index in [4.69, 9.17) is 5.73 Å². The van der Waals surface area contributed by atoms with Crippen molar-refractivity contribution < 1.29 is 4.79 Å². The quantitative estimate of drug-likeness (QED) is 0.823. The zero-order valence-corrected chi connectivity index (χ0v) is 8.22. The predicted octanol–water partition coefficient (Wildman–Crippen LogP) is 1.26. The summed E-state index contributed by atoms with van der Waals surface area (Å²) in [5.41, 5.74) is 5.10. The number of primary amides is 1. The third kappa shape index (κ3) is 1.03. The largest absolute Gasteiger partial charge is 0.365 e. The van der Waals surface area contributed by atoms with Gasteiger partial charge >= 0.3 is 0 Å². The van der Waals surface area contributed by atoms with Crippen LogP contribution in [0.3, 0.4) is 0 Å². The van der Waals surface area contributed by atoms with E-state index < -0.39 is 5.91 Å². The first-order valence-corrected chi connectivity index (χ1v) is 4.71. The predicted molar refractivity (Wildman–Crippen MR) is 49.3 cm³/mol. The smallest absolute Gasteiger partial charge is 0.260 e. The Hall–Kier alpha value is -0.880. The van der Waals surface area contributed by atoms with Crippen LogP contribution in [0.25, 0.3) is 4.96 Å². The maximum atomic E-state index is 10.8. The number of hydrogen-bond donors (Lipinski definition) is 1. The van der Waals surface area contributed by atoms with Gasteiger partial charge in [-0.1, -0.05) is 11.3 Å². The topological polar surface area (TPSA) is 60.4 Å². The molecule has 0 saturated heterocycles. The van der Waals surface area contributed by atoms with Crippen molar-refractivity contribution in [3.63, 3.8) is 0 Å². The highest BCUT2D eigenvalue weighted by molar-refractivity contribution is 9.10. The van der Waals surface area contributed by atoms with Gasteiger partial charge in [0.15, 0.2) is 4.96 Å². The van der Waals surface area contributed by atoms with Gasteiger partial charge in [0.25, 0.3) is 5.91 Å². The molecule has 2 N–H and O–H groups in total. The summed E-state index contributed by atoms with van der Waals surface area (Å²) >= 11 is 4.56. The number of aromatic nitrogens is 2. The average molecular weight is 246 g/mol. The Morgan fingerprint density at radius 1 is 1.75 bits per heavy atom. The Morgan fingerprint density at radius 2 is 2.50 bits per heavy atom. The molecular weight excluding hydrogens is 242 g/mol. The zero-order valence-electron chi connectivity index (χ0n) is 5.82. The third-order valence-electron chi connectivity index (χ3n) is 1.41. The summed E-state index contributed by atoms with van der Waals surface area (Å²) in [7, 11) is 0. The molecule has 0 spiro atoms. The minimum atomic E-state index is -0.419. The Balaban J connectivity index is 2.70. The second kappa shape index (κ2) is 2.56. The van der Waals surface area contributed by atoms with E-state index in [0.717, 1.165) is 9.56 Å². The first-order chi connectivity index (χ1) is 5.68. The lowest BCUT2D eigenvalue weighted by Gasteiger charge is -1.83. The van der Waals surface area contributed by atoms with Gasteiger partial charge in [0.1, 0.15) is 9.48 Å². The van der Waals surface area contributed by atoms with Crippen molar-refractivity contribution in [1.82, 2.24) is 9.38 Å². The highest BCUT2D eigenvalue weighted by Gasteiger charge is 2.08. The van der Waals surface area contributed by atoms with E-state index in [2.05, 4.69) is 20.9 Å². The molecule has 2 aromatic rings. The standard InChI is InChI=1S/C6H4BrN3OS/c7-4-1-9-6-10(4)2-3(12-6)5(8)11/h1-2H,(H2,8,11). The van der Waals surface area contributed by atoms with Crippen LogP contribution in [0.5, 0.6) is 0 Å². The Labute approximate surface area is 80.1 Å². The van der Waals surface area contributed by atoms with E-state index in [9.17, 15) is 4.79 Å². The van der Waals surface area contributed by atoms with Gasteiger partial charge in [-0.15, -0.1) is 0 Å². The monoisotopic (exact) mass is 245 g/mol. The number of amides is 1. The van der Waals surface area contributed by atoms with Crippen molar-refractivity contribution in [3.05, 3.63) is 21.9 Å². The van der Waals surface area contributed by atoms with E-state index in [1.807, 2.05) is 0 Å². The maximum absolute atomic E-state index is 10.8. The van der Waals surface area contributed by atoms with E-state index in [1.165, 1.54) is 11.3 Å². The molecule has 12 heavy (non-hydrogen) atoms. The maximum Gasteiger partial charge on any atom is 0.260 e. The van der Waals surface area contributed by atoms with Crippen molar-refractivity contribution in [2.45, 2.75) is 0 Å². The molecule has 62 valence electrons. The third-order valence-corrected chi connectivity index (χ3v) is 3.01. The summed E-state index contributed by atoms with van der Waals surface area (Å²) in [6.07, 6.45) is 3.34. The minimum Gasteiger partial charge on any atom is -0.365 e. The second-order valence-electron chi connectivity index (χ2n) is 2.19. The molecule has 2 rings (SSSR count). The molecule has 1 amide bonds. The normalized spacial score (nSPS) is 10.8. The van der Waals surface area contributed by atoms with Gasteiger partial charge in [0, 0.05) is 6.20 Å². The van der Waals surface area contributed by atoms with Crippen LogP contribution < -0.4 is 5.73 Å². The summed E-state index contributed by atoms with van der Waals surface area (Å²) in [6.45, 7) is 0. The first-order valence-electron chi connectivity index (χ1n) is 3.10. The van der Waals surface area contributed by atoms with Crippen LogP contribution in [0, 0.1) is 0 Å². The van der Waals surface area contributed by atoms with Crippen molar-refractivity contribution >= 4 is 38.1 Å². The fourth-order valence-corrected chi connectivity index (χ4v) is 2.17.